The van der Waals surface area contributed by atoms with Crippen molar-refractivity contribution >= 4 is 11.6 Å². The van der Waals surface area contributed by atoms with Gasteiger partial charge in [-0.05, 0) is 50.2 Å². The van der Waals surface area contributed by atoms with Gasteiger partial charge in [-0.25, -0.2) is 4.98 Å². The highest BCUT2D eigenvalue weighted by molar-refractivity contribution is 5.95. The number of carbonyl (C=O) groups excluding carboxylic acids is 1. The molecule has 3 heterocycles. The second-order valence-corrected chi connectivity index (χ2v) is 7.32. The van der Waals surface area contributed by atoms with E-state index >= 15 is 0 Å². The molecule has 0 bridgehead atoms. The third kappa shape index (κ3) is 4.95. The molecule has 0 fully saturated rings. The lowest BCUT2D eigenvalue weighted by molar-refractivity contribution is 0.0949. The van der Waals surface area contributed by atoms with E-state index in [0.29, 0.717) is 30.3 Å². The minimum atomic E-state index is -0.139. The van der Waals surface area contributed by atoms with Gasteiger partial charge in [0, 0.05) is 41.4 Å². The fourth-order valence-electron chi connectivity index (χ4n) is 3.18. The molecule has 0 saturated carbocycles. The predicted octanol–water partition coefficient (Wildman–Crippen LogP) is 3.19. The molecule has 9 nitrogen and oxygen atoms in total. The van der Waals surface area contributed by atoms with Crippen molar-refractivity contribution in [1.82, 2.24) is 35.3 Å². The standard InChI is InChI=1S/C22H24N8O/c1-15(2)30-19(8-11-26-30)13-25-22(31)17-4-3-5-18(12-17)24-14-20-27-21(29-28-20)16-6-9-23-10-7-16/h3-12,15,24H,13-14H2,1-2H3,(H,25,31)(H,27,28,29). The Morgan fingerprint density at radius 3 is 2.74 bits per heavy atom. The summed E-state index contributed by atoms with van der Waals surface area (Å²) < 4.78 is 1.90. The molecular formula is C22H24N8O. The van der Waals surface area contributed by atoms with E-state index in [1.165, 1.54) is 0 Å². The summed E-state index contributed by atoms with van der Waals surface area (Å²) in [6, 6.07) is 13.2. The Labute approximate surface area is 179 Å². The van der Waals surface area contributed by atoms with Gasteiger partial charge in [0.25, 0.3) is 5.91 Å². The van der Waals surface area contributed by atoms with Crippen LogP contribution in [0.1, 0.15) is 41.8 Å². The quantitative estimate of drug-likeness (QED) is 0.407. The van der Waals surface area contributed by atoms with Gasteiger partial charge in [-0.1, -0.05) is 6.07 Å². The van der Waals surface area contributed by atoms with Crippen LogP contribution in [0.5, 0.6) is 0 Å². The third-order valence-electron chi connectivity index (χ3n) is 4.73. The summed E-state index contributed by atoms with van der Waals surface area (Å²) >= 11 is 0. The van der Waals surface area contributed by atoms with Gasteiger partial charge in [-0.2, -0.15) is 10.2 Å². The summed E-state index contributed by atoms with van der Waals surface area (Å²) in [4.78, 5) is 21.1. The van der Waals surface area contributed by atoms with Gasteiger partial charge >= 0.3 is 0 Å². The monoisotopic (exact) mass is 416 g/mol. The van der Waals surface area contributed by atoms with Crippen LogP contribution in [0.25, 0.3) is 11.4 Å². The Hall–Kier alpha value is -4.01. The Balaban J connectivity index is 1.35. The first-order chi connectivity index (χ1) is 15.1. The Morgan fingerprint density at radius 1 is 1.10 bits per heavy atom. The number of amides is 1. The van der Waals surface area contributed by atoms with Crippen molar-refractivity contribution in [3.63, 3.8) is 0 Å². The lowest BCUT2D eigenvalue weighted by Gasteiger charge is -2.12. The van der Waals surface area contributed by atoms with Crippen molar-refractivity contribution in [3.05, 3.63) is 78.1 Å². The molecule has 0 spiro atoms. The van der Waals surface area contributed by atoms with Crippen molar-refractivity contribution in [1.29, 1.82) is 0 Å². The predicted molar refractivity (Wildman–Crippen MR) is 117 cm³/mol. The highest BCUT2D eigenvalue weighted by Crippen LogP contribution is 2.15. The number of carbonyl (C=O) groups is 1. The summed E-state index contributed by atoms with van der Waals surface area (Å²) in [5.74, 6) is 1.18. The molecule has 158 valence electrons. The zero-order valence-electron chi connectivity index (χ0n) is 17.4. The number of pyridine rings is 1. The molecule has 1 aromatic carbocycles. The Bertz CT molecular complexity index is 1150. The molecule has 0 saturated heterocycles. The van der Waals surface area contributed by atoms with E-state index in [-0.39, 0.29) is 11.9 Å². The largest absolute Gasteiger partial charge is 0.378 e. The lowest BCUT2D eigenvalue weighted by Crippen LogP contribution is -2.25. The molecule has 9 heteroatoms. The van der Waals surface area contributed by atoms with Crippen molar-refractivity contribution in [2.75, 3.05) is 5.32 Å². The molecule has 0 radical (unpaired) electrons. The van der Waals surface area contributed by atoms with Crippen LogP contribution >= 0.6 is 0 Å². The van der Waals surface area contributed by atoms with E-state index in [2.05, 4.69) is 49.7 Å². The number of aromatic amines is 1. The molecular weight excluding hydrogens is 392 g/mol. The van der Waals surface area contributed by atoms with Gasteiger partial charge < -0.3 is 10.6 Å². The number of rotatable bonds is 8. The van der Waals surface area contributed by atoms with Crippen molar-refractivity contribution in [3.8, 4) is 11.4 Å². The maximum absolute atomic E-state index is 12.6. The number of hydrogen-bond acceptors (Lipinski definition) is 6. The maximum atomic E-state index is 12.6. The van der Waals surface area contributed by atoms with Gasteiger partial charge in [-0.3, -0.25) is 19.6 Å². The van der Waals surface area contributed by atoms with E-state index in [1.54, 1.807) is 24.7 Å². The first kappa shape index (κ1) is 20.3. The third-order valence-corrected chi connectivity index (χ3v) is 4.73. The number of benzene rings is 1. The van der Waals surface area contributed by atoms with Crippen molar-refractivity contribution < 1.29 is 4.79 Å². The van der Waals surface area contributed by atoms with Crippen LogP contribution in [0.2, 0.25) is 0 Å². The maximum Gasteiger partial charge on any atom is 0.251 e. The Kier molecular flexibility index (Phi) is 6.02. The number of nitrogens with one attached hydrogen (secondary N) is 3. The van der Waals surface area contributed by atoms with Crippen LogP contribution in [0, 0.1) is 0 Å². The number of hydrogen-bond donors (Lipinski definition) is 3. The van der Waals surface area contributed by atoms with Gasteiger partial charge in [0.1, 0.15) is 5.82 Å². The fourth-order valence-corrected chi connectivity index (χ4v) is 3.18. The van der Waals surface area contributed by atoms with Crippen LogP contribution in [-0.2, 0) is 13.1 Å². The minimum absolute atomic E-state index is 0.139. The zero-order chi connectivity index (χ0) is 21.6. The molecule has 31 heavy (non-hydrogen) atoms. The topological polar surface area (TPSA) is 113 Å². The van der Waals surface area contributed by atoms with Gasteiger partial charge in [-0.15, -0.1) is 0 Å². The highest BCUT2D eigenvalue weighted by atomic mass is 16.1. The number of aromatic nitrogens is 6. The summed E-state index contributed by atoms with van der Waals surface area (Å²) in [6.45, 7) is 4.99. The average molecular weight is 416 g/mol. The van der Waals surface area contributed by atoms with Crippen LogP contribution in [0.3, 0.4) is 0 Å². The molecule has 3 aromatic heterocycles. The van der Waals surface area contributed by atoms with Gasteiger partial charge in [0.05, 0.1) is 18.8 Å². The van der Waals surface area contributed by atoms with Crippen LogP contribution in [0.15, 0.2) is 61.1 Å². The summed E-state index contributed by atoms with van der Waals surface area (Å²) in [5.41, 5.74) is 3.26. The van der Waals surface area contributed by atoms with E-state index < -0.39 is 0 Å². The summed E-state index contributed by atoms with van der Waals surface area (Å²) in [6.07, 6.45) is 5.16. The van der Waals surface area contributed by atoms with Gasteiger partial charge in [0.2, 0.25) is 0 Å². The Morgan fingerprint density at radius 2 is 1.94 bits per heavy atom. The van der Waals surface area contributed by atoms with E-state index in [4.69, 9.17) is 0 Å². The zero-order valence-corrected chi connectivity index (χ0v) is 17.4. The molecule has 3 N–H and O–H groups in total. The molecule has 1 amide bonds. The molecule has 4 rings (SSSR count). The molecule has 0 unspecified atom stereocenters. The lowest BCUT2D eigenvalue weighted by atomic mass is 10.2. The second-order valence-electron chi connectivity index (χ2n) is 7.32. The first-order valence-corrected chi connectivity index (χ1v) is 10.1. The molecule has 0 aliphatic rings. The molecule has 0 aliphatic carbocycles. The number of anilines is 1. The van der Waals surface area contributed by atoms with Crippen molar-refractivity contribution in [2.45, 2.75) is 33.0 Å². The van der Waals surface area contributed by atoms with Crippen LogP contribution in [0.4, 0.5) is 5.69 Å². The van der Waals surface area contributed by atoms with Crippen LogP contribution < -0.4 is 10.6 Å². The average Bonchev–Trinajstić information content (AvgIpc) is 3.46. The summed E-state index contributed by atoms with van der Waals surface area (Å²) in [5, 5.41) is 17.7. The normalized spacial score (nSPS) is 10.9. The van der Waals surface area contributed by atoms with E-state index in [0.717, 1.165) is 16.9 Å². The highest BCUT2D eigenvalue weighted by Gasteiger charge is 2.10. The molecule has 0 atom stereocenters. The fraction of sp³-hybridized carbons (Fsp3) is 0.227. The molecule has 4 aromatic rings. The smallest absolute Gasteiger partial charge is 0.251 e. The van der Waals surface area contributed by atoms with Crippen LogP contribution in [-0.4, -0.2) is 35.9 Å². The SMILES string of the molecule is CC(C)n1nccc1CNC(=O)c1cccc(NCc2nc(-c3ccncc3)n[nH]2)c1. The summed E-state index contributed by atoms with van der Waals surface area (Å²) in [7, 11) is 0. The van der Waals surface area contributed by atoms with E-state index in [1.807, 2.05) is 41.1 Å². The second kappa shape index (κ2) is 9.21. The molecule has 0 aliphatic heterocycles. The number of nitrogens with zero attached hydrogens (tertiary/aromatic N) is 5. The minimum Gasteiger partial charge on any atom is -0.378 e. The van der Waals surface area contributed by atoms with Crippen molar-refractivity contribution in [2.24, 2.45) is 0 Å². The number of H-pyrrole nitrogens is 1. The van der Waals surface area contributed by atoms with E-state index in [9.17, 15) is 4.79 Å². The van der Waals surface area contributed by atoms with Gasteiger partial charge in [0.15, 0.2) is 5.82 Å². The first-order valence-electron chi connectivity index (χ1n) is 10.1.